The lowest BCUT2D eigenvalue weighted by Gasteiger charge is -2.26. The molecule has 1 heterocycles. The molecule has 1 fully saturated rings. The lowest BCUT2D eigenvalue weighted by molar-refractivity contribution is 0.0828. The minimum absolute atomic E-state index is 0.212. The van der Waals surface area contributed by atoms with Crippen LogP contribution in [0.3, 0.4) is 0 Å². The third kappa shape index (κ3) is 2.58. The Labute approximate surface area is 91.5 Å². The van der Waals surface area contributed by atoms with E-state index in [9.17, 15) is 5.11 Å². The van der Waals surface area contributed by atoms with Crippen molar-refractivity contribution < 1.29 is 5.11 Å². The SMILES string of the molecule is CC(O)C1CCCN1Cc1ccccc1. The Bertz CT molecular complexity index is 297. The standard InChI is InChI=1S/C13H19NO/c1-11(15)13-8-5-9-14(13)10-12-6-3-2-4-7-12/h2-4,6-7,11,13,15H,5,8-10H2,1H3. The Balaban J connectivity index is 2.00. The van der Waals surface area contributed by atoms with Crippen molar-refractivity contribution in [1.29, 1.82) is 0 Å². The highest BCUT2D eigenvalue weighted by molar-refractivity contribution is 5.14. The maximum atomic E-state index is 9.66. The molecular formula is C13H19NO. The second-order valence-corrected chi connectivity index (χ2v) is 4.41. The molecule has 0 bridgehead atoms. The average molecular weight is 205 g/mol. The van der Waals surface area contributed by atoms with Crippen molar-refractivity contribution >= 4 is 0 Å². The van der Waals surface area contributed by atoms with Crippen molar-refractivity contribution in [2.75, 3.05) is 6.54 Å². The minimum atomic E-state index is -0.212. The highest BCUT2D eigenvalue weighted by atomic mass is 16.3. The fourth-order valence-electron chi connectivity index (χ4n) is 2.41. The molecule has 82 valence electrons. The Kier molecular flexibility index (Phi) is 3.39. The lowest BCUT2D eigenvalue weighted by atomic mass is 10.1. The molecule has 2 rings (SSSR count). The zero-order valence-electron chi connectivity index (χ0n) is 9.26. The quantitative estimate of drug-likeness (QED) is 0.816. The molecule has 2 heteroatoms. The molecule has 0 aliphatic carbocycles. The topological polar surface area (TPSA) is 23.5 Å². The van der Waals surface area contributed by atoms with Crippen LogP contribution in [0.2, 0.25) is 0 Å². The van der Waals surface area contributed by atoms with E-state index < -0.39 is 0 Å². The van der Waals surface area contributed by atoms with Crippen molar-refractivity contribution in [1.82, 2.24) is 4.90 Å². The fraction of sp³-hybridized carbons (Fsp3) is 0.538. The van der Waals surface area contributed by atoms with Gasteiger partial charge in [0, 0.05) is 12.6 Å². The molecule has 0 aromatic heterocycles. The van der Waals surface area contributed by atoms with Crippen LogP contribution in [0.15, 0.2) is 30.3 Å². The van der Waals surface area contributed by atoms with E-state index in [1.807, 2.05) is 13.0 Å². The summed E-state index contributed by atoms with van der Waals surface area (Å²) in [6.07, 6.45) is 2.13. The van der Waals surface area contributed by atoms with Gasteiger partial charge in [-0.05, 0) is 31.9 Å². The summed E-state index contributed by atoms with van der Waals surface area (Å²) in [5, 5.41) is 9.66. The van der Waals surface area contributed by atoms with E-state index in [0.717, 1.165) is 19.5 Å². The molecule has 1 aromatic carbocycles. The number of aliphatic hydroxyl groups excluding tert-OH is 1. The number of likely N-dealkylation sites (tertiary alicyclic amines) is 1. The van der Waals surface area contributed by atoms with E-state index >= 15 is 0 Å². The van der Waals surface area contributed by atoms with Gasteiger partial charge in [0.25, 0.3) is 0 Å². The van der Waals surface area contributed by atoms with Gasteiger partial charge in [-0.25, -0.2) is 0 Å². The molecule has 1 aliphatic heterocycles. The van der Waals surface area contributed by atoms with E-state index in [4.69, 9.17) is 0 Å². The largest absolute Gasteiger partial charge is 0.392 e. The third-order valence-corrected chi connectivity index (χ3v) is 3.20. The van der Waals surface area contributed by atoms with Crippen LogP contribution in [0.5, 0.6) is 0 Å². The number of hydrogen-bond acceptors (Lipinski definition) is 2. The molecule has 15 heavy (non-hydrogen) atoms. The second kappa shape index (κ2) is 4.77. The molecule has 1 aromatic rings. The summed E-state index contributed by atoms with van der Waals surface area (Å²) in [5.74, 6) is 0. The van der Waals surface area contributed by atoms with Gasteiger partial charge in [-0.1, -0.05) is 30.3 Å². The van der Waals surface area contributed by atoms with Crippen molar-refractivity contribution in [2.24, 2.45) is 0 Å². The van der Waals surface area contributed by atoms with E-state index in [1.54, 1.807) is 0 Å². The van der Waals surface area contributed by atoms with E-state index in [2.05, 4.69) is 29.2 Å². The molecule has 0 amide bonds. The first-order valence-corrected chi connectivity index (χ1v) is 5.73. The fourth-order valence-corrected chi connectivity index (χ4v) is 2.41. The van der Waals surface area contributed by atoms with Gasteiger partial charge >= 0.3 is 0 Å². The summed E-state index contributed by atoms with van der Waals surface area (Å²) >= 11 is 0. The summed E-state index contributed by atoms with van der Waals surface area (Å²) in [6.45, 7) is 3.98. The van der Waals surface area contributed by atoms with Crippen molar-refractivity contribution in [3.63, 3.8) is 0 Å². The summed E-state index contributed by atoms with van der Waals surface area (Å²) in [7, 11) is 0. The molecule has 1 N–H and O–H groups in total. The monoisotopic (exact) mass is 205 g/mol. The molecule has 2 unspecified atom stereocenters. The minimum Gasteiger partial charge on any atom is -0.392 e. The van der Waals surface area contributed by atoms with Crippen LogP contribution >= 0.6 is 0 Å². The smallest absolute Gasteiger partial charge is 0.0667 e. The van der Waals surface area contributed by atoms with Gasteiger partial charge in [-0.15, -0.1) is 0 Å². The summed E-state index contributed by atoms with van der Waals surface area (Å²) in [6, 6.07) is 10.8. The van der Waals surface area contributed by atoms with Gasteiger partial charge < -0.3 is 5.11 Å². The molecule has 1 aliphatic rings. The summed E-state index contributed by atoms with van der Waals surface area (Å²) in [5.41, 5.74) is 1.34. The molecule has 0 saturated carbocycles. The van der Waals surface area contributed by atoms with Gasteiger partial charge in [0.1, 0.15) is 0 Å². The number of hydrogen-bond donors (Lipinski definition) is 1. The Hall–Kier alpha value is -0.860. The zero-order valence-corrected chi connectivity index (χ0v) is 9.26. The lowest BCUT2D eigenvalue weighted by Crippen LogP contribution is -2.36. The van der Waals surface area contributed by atoms with Crippen molar-refractivity contribution in [2.45, 2.75) is 38.5 Å². The number of benzene rings is 1. The van der Waals surface area contributed by atoms with Crippen LogP contribution < -0.4 is 0 Å². The molecular weight excluding hydrogens is 186 g/mol. The van der Waals surface area contributed by atoms with Gasteiger partial charge in [0.05, 0.1) is 6.10 Å². The molecule has 0 radical (unpaired) electrons. The van der Waals surface area contributed by atoms with Crippen LogP contribution in [0.4, 0.5) is 0 Å². The second-order valence-electron chi connectivity index (χ2n) is 4.41. The predicted octanol–water partition coefficient (Wildman–Crippen LogP) is 2.03. The van der Waals surface area contributed by atoms with Crippen molar-refractivity contribution in [3.8, 4) is 0 Å². The van der Waals surface area contributed by atoms with Crippen LogP contribution in [-0.4, -0.2) is 28.7 Å². The van der Waals surface area contributed by atoms with Crippen LogP contribution in [0, 0.1) is 0 Å². The van der Waals surface area contributed by atoms with E-state index in [1.165, 1.54) is 12.0 Å². The van der Waals surface area contributed by atoms with Crippen LogP contribution in [0.1, 0.15) is 25.3 Å². The highest BCUT2D eigenvalue weighted by Gasteiger charge is 2.27. The summed E-state index contributed by atoms with van der Waals surface area (Å²) in [4.78, 5) is 2.39. The normalized spacial score (nSPS) is 24.3. The number of nitrogens with zero attached hydrogens (tertiary/aromatic N) is 1. The van der Waals surface area contributed by atoms with Gasteiger partial charge in [-0.2, -0.15) is 0 Å². The highest BCUT2D eigenvalue weighted by Crippen LogP contribution is 2.22. The molecule has 2 nitrogen and oxygen atoms in total. The summed E-state index contributed by atoms with van der Waals surface area (Å²) < 4.78 is 0. The first kappa shape index (κ1) is 10.7. The van der Waals surface area contributed by atoms with Gasteiger partial charge in [-0.3, -0.25) is 4.90 Å². The Morgan fingerprint density at radius 2 is 2.13 bits per heavy atom. The Morgan fingerprint density at radius 3 is 2.80 bits per heavy atom. The maximum absolute atomic E-state index is 9.66. The maximum Gasteiger partial charge on any atom is 0.0667 e. The van der Waals surface area contributed by atoms with Crippen LogP contribution in [-0.2, 0) is 6.54 Å². The number of aliphatic hydroxyl groups is 1. The van der Waals surface area contributed by atoms with E-state index in [0.29, 0.717) is 6.04 Å². The molecule has 1 saturated heterocycles. The van der Waals surface area contributed by atoms with Gasteiger partial charge in [0.2, 0.25) is 0 Å². The third-order valence-electron chi connectivity index (χ3n) is 3.20. The number of rotatable bonds is 3. The first-order valence-electron chi connectivity index (χ1n) is 5.73. The zero-order chi connectivity index (χ0) is 10.7. The van der Waals surface area contributed by atoms with Crippen molar-refractivity contribution in [3.05, 3.63) is 35.9 Å². The molecule has 2 atom stereocenters. The van der Waals surface area contributed by atoms with Crippen LogP contribution in [0.25, 0.3) is 0 Å². The first-order chi connectivity index (χ1) is 7.27. The molecule has 0 spiro atoms. The van der Waals surface area contributed by atoms with Gasteiger partial charge in [0.15, 0.2) is 0 Å². The average Bonchev–Trinajstić information content (AvgIpc) is 2.67. The Morgan fingerprint density at radius 1 is 1.40 bits per heavy atom. The van der Waals surface area contributed by atoms with E-state index in [-0.39, 0.29) is 6.10 Å². The predicted molar refractivity (Wildman–Crippen MR) is 61.6 cm³/mol.